The Hall–Kier alpha value is -7.27. The highest BCUT2D eigenvalue weighted by Gasteiger charge is 2.57. The molecule has 0 bridgehead atoms. The quantitative estimate of drug-likeness (QED) is 0.113. The Balaban J connectivity index is 0.769. The van der Waals surface area contributed by atoms with Crippen LogP contribution in [-0.2, 0) is 17.3 Å². The number of hydrogen-bond donors (Lipinski definition) is 0. The summed E-state index contributed by atoms with van der Waals surface area (Å²) in [6.45, 7) is 9.94. The molecule has 2 aliphatic heterocycles. The Bertz CT molecular complexity index is 3250. The van der Waals surface area contributed by atoms with Crippen molar-refractivity contribution in [3.8, 4) is 66.8 Å². The molecule has 0 aliphatic carbocycles. The minimum atomic E-state index is -4.59. The average Bonchev–Trinajstić information content (AvgIpc) is 3.44. The molecule has 0 N–H and O–H groups in total. The first-order chi connectivity index (χ1) is 35.5. The van der Waals surface area contributed by atoms with Crippen molar-refractivity contribution >= 4 is 0 Å². The van der Waals surface area contributed by atoms with Crippen molar-refractivity contribution in [3.05, 3.63) is 252 Å². The van der Waals surface area contributed by atoms with E-state index in [4.69, 9.17) is 0 Å². The van der Waals surface area contributed by atoms with Gasteiger partial charge in [0.15, 0.2) is 0 Å². The summed E-state index contributed by atoms with van der Waals surface area (Å²) in [5.74, 6) is 0. The van der Waals surface area contributed by atoms with Gasteiger partial charge < -0.3 is 4.48 Å². The van der Waals surface area contributed by atoms with E-state index in [1.165, 1.54) is 90.6 Å². The van der Waals surface area contributed by atoms with Crippen LogP contribution in [0.5, 0.6) is 0 Å². The van der Waals surface area contributed by atoms with E-state index in [0.29, 0.717) is 5.56 Å². The summed E-state index contributed by atoms with van der Waals surface area (Å²) in [7, 11) is 0. The maximum Gasteiger partial charge on any atom is 0.402 e. The van der Waals surface area contributed by atoms with Crippen molar-refractivity contribution in [2.24, 2.45) is 0 Å². The van der Waals surface area contributed by atoms with E-state index in [2.05, 4.69) is 147 Å². The van der Waals surface area contributed by atoms with Gasteiger partial charge in [0.1, 0.15) is 5.41 Å². The van der Waals surface area contributed by atoms with Gasteiger partial charge in [-0.3, -0.25) is 0 Å². The smallest absolute Gasteiger partial charge is 0.324 e. The van der Waals surface area contributed by atoms with Gasteiger partial charge in [-0.1, -0.05) is 237 Å². The van der Waals surface area contributed by atoms with Crippen molar-refractivity contribution < 1.29 is 17.7 Å². The Morgan fingerprint density at radius 3 is 1.05 bits per heavy atom. The van der Waals surface area contributed by atoms with E-state index in [1.807, 2.05) is 48.5 Å². The molecule has 0 amide bonds. The van der Waals surface area contributed by atoms with Crippen molar-refractivity contribution in [2.45, 2.75) is 69.4 Å². The van der Waals surface area contributed by atoms with E-state index in [9.17, 15) is 0 Å². The third kappa shape index (κ3) is 9.86. The van der Waals surface area contributed by atoms with E-state index in [-0.39, 0.29) is 23.0 Å². The Labute approximate surface area is 430 Å². The second-order valence-electron chi connectivity index (χ2n) is 21.3. The Morgan fingerprint density at radius 2 is 0.685 bits per heavy atom. The number of rotatable bonds is 11. The van der Waals surface area contributed by atoms with Gasteiger partial charge in [-0.25, -0.2) is 0 Å². The second-order valence-corrected chi connectivity index (χ2v) is 21.3. The fourth-order valence-corrected chi connectivity index (χ4v) is 11.9. The highest BCUT2D eigenvalue weighted by atomic mass is 19.4. The molecule has 2 aliphatic rings. The molecule has 73 heavy (non-hydrogen) atoms. The zero-order valence-corrected chi connectivity index (χ0v) is 42.0. The lowest BCUT2D eigenvalue weighted by molar-refractivity contribution is -0.938. The fourth-order valence-electron chi connectivity index (χ4n) is 11.9. The van der Waals surface area contributed by atoms with Gasteiger partial charge in [0.2, 0.25) is 0 Å². The molecule has 1 nitrogen and oxygen atoms in total. The van der Waals surface area contributed by atoms with Crippen LogP contribution in [0, 0.1) is 6.92 Å². The number of benzene rings is 9. The van der Waals surface area contributed by atoms with Gasteiger partial charge in [0.05, 0.1) is 26.2 Å². The molecule has 4 heteroatoms. The van der Waals surface area contributed by atoms with Crippen molar-refractivity contribution in [2.75, 3.05) is 26.2 Å². The van der Waals surface area contributed by atoms with Gasteiger partial charge in [-0.05, 0) is 122 Å². The molecular weight excluding hydrogens is 900 g/mol. The maximum absolute atomic E-state index is 16.0. The third-order valence-corrected chi connectivity index (χ3v) is 16.8. The molecule has 1 spiro atoms. The largest absolute Gasteiger partial charge is 0.402 e. The van der Waals surface area contributed by atoms with Crippen LogP contribution in [0.1, 0.15) is 66.8 Å². The van der Waals surface area contributed by atoms with E-state index in [1.54, 1.807) is 42.5 Å². The minimum absolute atomic E-state index is 0.210. The highest BCUT2D eigenvalue weighted by molar-refractivity contribution is 5.75. The summed E-state index contributed by atoms with van der Waals surface area (Å²) in [6, 6.07) is 74.8. The van der Waals surface area contributed by atoms with Gasteiger partial charge in [-0.15, -0.1) is 0 Å². The number of nitrogens with zero attached hydrogens (tertiary/aromatic N) is 1. The first kappa shape index (κ1) is 48.0. The fraction of sp³-hybridized carbons (Fsp3) is 0.217. The highest BCUT2D eigenvalue weighted by Crippen LogP contribution is 2.49. The molecule has 1 atom stereocenters. The number of aryl methyl sites for hydroxylation is 1. The first-order valence-corrected chi connectivity index (χ1v) is 26.2. The minimum Gasteiger partial charge on any atom is -0.324 e. The molecule has 2 saturated heterocycles. The predicted molar refractivity (Wildman–Crippen MR) is 297 cm³/mol. The summed E-state index contributed by atoms with van der Waals surface area (Å²) >= 11 is 0. The summed E-state index contributed by atoms with van der Waals surface area (Å²) in [5, 5.41) is 0. The van der Waals surface area contributed by atoms with Crippen LogP contribution in [0.2, 0.25) is 0 Å². The van der Waals surface area contributed by atoms with Crippen LogP contribution in [0.15, 0.2) is 224 Å². The molecule has 0 radical (unpaired) electrons. The standard InChI is InChI=1S/C69H63F3N/c1-50-11-15-52(16-12-50)54-19-23-56(24-20-54)59-29-33-61(34-30-59)63-37-41-66(42-38-63)68(69(70,71)72,65-9-5-3-6-10-65)49-51-13-17-53(18-14-51)55-21-25-57(26-22-55)58-27-31-60(32-28-58)62-35-39-64(40-36-62)67(2)43-47-73(48-44-67)45-7-4-8-46-73/h3,5-6,9-42H,4,7-8,43-49H2,1-2H3/q+1. The number of quaternary nitrogens is 1. The average molecular weight is 963 g/mol. The molecule has 364 valence electrons. The van der Waals surface area contributed by atoms with Crippen LogP contribution in [0.25, 0.3) is 66.8 Å². The number of hydrogen-bond acceptors (Lipinski definition) is 0. The van der Waals surface area contributed by atoms with Crippen LogP contribution in [0.3, 0.4) is 0 Å². The van der Waals surface area contributed by atoms with Crippen LogP contribution < -0.4 is 0 Å². The maximum atomic E-state index is 16.0. The summed E-state index contributed by atoms with van der Waals surface area (Å²) in [4.78, 5) is 0. The molecule has 9 aromatic carbocycles. The lowest BCUT2D eigenvalue weighted by Crippen LogP contribution is -2.58. The molecule has 0 saturated carbocycles. The molecule has 2 fully saturated rings. The molecular formula is C69H63F3N+. The van der Waals surface area contributed by atoms with Crippen molar-refractivity contribution in [1.29, 1.82) is 0 Å². The number of alkyl halides is 3. The topological polar surface area (TPSA) is 0 Å². The van der Waals surface area contributed by atoms with Crippen molar-refractivity contribution in [3.63, 3.8) is 0 Å². The van der Waals surface area contributed by atoms with E-state index < -0.39 is 11.6 Å². The first-order valence-electron chi connectivity index (χ1n) is 26.2. The predicted octanol–water partition coefficient (Wildman–Crippen LogP) is 18.1. The summed E-state index contributed by atoms with van der Waals surface area (Å²) < 4.78 is 49.3. The van der Waals surface area contributed by atoms with Gasteiger partial charge in [0.25, 0.3) is 0 Å². The van der Waals surface area contributed by atoms with Gasteiger partial charge in [-0.2, -0.15) is 13.2 Å². The molecule has 2 heterocycles. The molecule has 11 rings (SSSR count). The lowest BCUT2D eigenvalue weighted by Gasteiger charge is -2.49. The van der Waals surface area contributed by atoms with E-state index in [0.717, 1.165) is 50.1 Å². The Morgan fingerprint density at radius 1 is 0.370 bits per heavy atom. The van der Waals surface area contributed by atoms with Gasteiger partial charge >= 0.3 is 6.18 Å². The monoisotopic (exact) mass is 962 g/mol. The van der Waals surface area contributed by atoms with E-state index >= 15 is 13.2 Å². The zero-order valence-electron chi connectivity index (χ0n) is 42.0. The summed E-state index contributed by atoms with van der Waals surface area (Å²) in [6.07, 6.45) is 1.90. The molecule has 0 aromatic heterocycles. The van der Waals surface area contributed by atoms with Crippen LogP contribution >= 0.6 is 0 Å². The molecule has 9 aromatic rings. The Kier molecular flexibility index (Phi) is 13.1. The zero-order chi connectivity index (χ0) is 50.0. The van der Waals surface area contributed by atoms with Crippen LogP contribution in [0.4, 0.5) is 13.2 Å². The summed E-state index contributed by atoms with van der Waals surface area (Å²) in [5.41, 5.74) is 14.7. The van der Waals surface area contributed by atoms with Gasteiger partial charge in [0, 0.05) is 18.3 Å². The third-order valence-electron chi connectivity index (χ3n) is 16.8. The number of piperidine rings is 2. The lowest BCUT2D eigenvalue weighted by atomic mass is 9.69. The van der Waals surface area contributed by atoms with Crippen LogP contribution in [-0.4, -0.2) is 36.8 Å². The van der Waals surface area contributed by atoms with Crippen molar-refractivity contribution in [1.82, 2.24) is 0 Å². The second kappa shape index (κ2) is 20.0. The SMILES string of the molecule is Cc1ccc(-c2ccc(-c3ccc(-c4ccc(C(Cc5ccc(-c6ccc(-c7ccc(-c8ccc(C9(C)CC[N+]%10(CCCCC%10)CC9)cc8)cc7)cc6)cc5)(c5ccccc5)C(F)(F)F)cc4)cc3)cc2)cc1. The number of halogens is 3. The molecule has 1 unspecified atom stereocenters. The normalized spacial score (nSPS) is 16.2.